The molecule has 0 aliphatic carbocycles. The van der Waals surface area contributed by atoms with E-state index in [0.717, 1.165) is 11.1 Å². The van der Waals surface area contributed by atoms with Crippen LogP contribution in [-0.4, -0.2) is 25.0 Å². The van der Waals surface area contributed by atoms with Gasteiger partial charge in [-0.1, -0.05) is 24.3 Å². The lowest BCUT2D eigenvalue weighted by Crippen LogP contribution is -2.29. The van der Waals surface area contributed by atoms with Gasteiger partial charge in [0.15, 0.2) is 6.61 Å². The van der Waals surface area contributed by atoms with Crippen LogP contribution in [0.2, 0.25) is 0 Å². The zero-order valence-electron chi connectivity index (χ0n) is 11.3. The molecule has 0 saturated heterocycles. The summed E-state index contributed by atoms with van der Waals surface area (Å²) in [6, 6.07) is 9.51. The highest BCUT2D eigenvalue weighted by atomic mass is 16.5. The van der Waals surface area contributed by atoms with Gasteiger partial charge in [0.1, 0.15) is 0 Å². The quantitative estimate of drug-likeness (QED) is 0.484. The minimum atomic E-state index is -0.580. The van der Waals surface area contributed by atoms with Crippen LogP contribution < -0.4 is 5.32 Å². The van der Waals surface area contributed by atoms with Crippen molar-refractivity contribution in [2.45, 2.75) is 13.3 Å². The van der Waals surface area contributed by atoms with Crippen molar-refractivity contribution >= 4 is 18.0 Å². The minimum absolute atomic E-state index is 0.229. The Morgan fingerprint density at radius 3 is 2.85 bits per heavy atom. The molecular formula is C15H16N2O3. The number of hydrogen-bond donors (Lipinski definition) is 1. The van der Waals surface area contributed by atoms with E-state index in [4.69, 9.17) is 10.00 Å². The first-order chi connectivity index (χ1) is 9.63. The van der Waals surface area contributed by atoms with Crippen molar-refractivity contribution in [3.05, 3.63) is 41.5 Å². The molecule has 0 aliphatic heterocycles. The number of hydrogen-bond acceptors (Lipinski definition) is 4. The van der Waals surface area contributed by atoms with Crippen LogP contribution in [0.25, 0.3) is 6.08 Å². The van der Waals surface area contributed by atoms with Gasteiger partial charge in [-0.15, -0.1) is 0 Å². The van der Waals surface area contributed by atoms with Gasteiger partial charge in [0, 0.05) is 12.6 Å². The van der Waals surface area contributed by atoms with Crippen LogP contribution in [0.4, 0.5) is 0 Å². The number of rotatable bonds is 6. The van der Waals surface area contributed by atoms with Gasteiger partial charge in [-0.25, -0.2) is 4.79 Å². The maximum Gasteiger partial charge on any atom is 0.331 e. The summed E-state index contributed by atoms with van der Waals surface area (Å²) in [6.45, 7) is 1.85. The number of carbonyl (C=O) groups excluding carboxylic acids is 2. The Bertz CT molecular complexity index is 544. The molecule has 1 amide bonds. The highest BCUT2D eigenvalue weighted by Crippen LogP contribution is 2.08. The third-order valence-corrected chi connectivity index (χ3v) is 2.49. The van der Waals surface area contributed by atoms with Crippen molar-refractivity contribution in [3.8, 4) is 6.07 Å². The first kappa shape index (κ1) is 15.4. The highest BCUT2D eigenvalue weighted by Gasteiger charge is 2.04. The molecule has 0 saturated carbocycles. The van der Waals surface area contributed by atoms with E-state index in [9.17, 15) is 9.59 Å². The third-order valence-electron chi connectivity index (χ3n) is 2.49. The average molecular weight is 272 g/mol. The van der Waals surface area contributed by atoms with Crippen LogP contribution in [0.15, 0.2) is 30.3 Å². The van der Waals surface area contributed by atoms with E-state index in [2.05, 4.69) is 5.32 Å². The third kappa shape index (κ3) is 5.83. The molecule has 1 rings (SSSR count). The second-order valence-electron chi connectivity index (χ2n) is 4.06. The van der Waals surface area contributed by atoms with Crippen LogP contribution in [-0.2, 0) is 14.3 Å². The summed E-state index contributed by atoms with van der Waals surface area (Å²) in [4.78, 5) is 22.6. The van der Waals surface area contributed by atoms with Gasteiger partial charge < -0.3 is 10.1 Å². The molecule has 0 radical (unpaired) electrons. The highest BCUT2D eigenvalue weighted by molar-refractivity contribution is 5.89. The maximum atomic E-state index is 11.4. The molecule has 0 heterocycles. The van der Waals surface area contributed by atoms with Gasteiger partial charge in [0.05, 0.1) is 12.5 Å². The summed E-state index contributed by atoms with van der Waals surface area (Å²) in [5.41, 5.74) is 1.97. The molecule has 0 bridgehead atoms. The van der Waals surface area contributed by atoms with E-state index in [1.165, 1.54) is 6.08 Å². The number of nitrogens with one attached hydrogen (secondary N) is 1. The Labute approximate surface area is 117 Å². The van der Waals surface area contributed by atoms with Crippen LogP contribution in [0.3, 0.4) is 0 Å². The largest absolute Gasteiger partial charge is 0.452 e. The fraction of sp³-hybridized carbons (Fsp3) is 0.267. The Morgan fingerprint density at radius 1 is 1.40 bits per heavy atom. The predicted molar refractivity (Wildman–Crippen MR) is 74.4 cm³/mol. The van der Waals surface area contributed by atoms with Crippen molar-refractivity contribution < 1.29 is 14.3 Å². The average Bonchev–Trinajstić information content (AvgIpc) is 2.44. The number of nitrogens with zero attached hydrogens (tertiary/aromatic N) is 1. The summed E-state index contributed by atoms with van der Waals surface area (Å²) in [5.74, 6) is -0.999. The fourth-order valence-corrected chi connectivity index (χ4v) is 1.43. The van der Waals surface area contributed by atoms with E-state index in [-0.39, 0.29) is 19.6 Å². The summed E-state index contributed by atoms with van der Waals surface area (Å²) < 4.78 is 4.78. The lowest BCUT2D eigenvalue weighted by Gasteiger charge is -2.03. The van der Waals surface area contributed by atoms with E-state index in [1.54, 1.807) is 6.08 Å². The van der Waals surface area contributed by atoms with Gasteiger partial charge in [-0.2, -0.15) is 5.26 Å². The normalized spacial score (nSPS) is 10.0. The van der Waals surface area contributed by atoms with Crippen molar-refractivity contribution in [2.75, 3.05) is 13.2 Å². The fourth-order valence-electron chi connectivity index (χ4n) is 1.43. The van der Waals surface area contributed by atoms with E-state index >= 15 is 0 Å². The Balaban J connectivity index is 2.35. The second-order valence-corrected chi connectivity index (χ2v) is 4.06. The van der Waals surface area contributed by atoms with Crippen molar-refractivity contribution in [1.29, 1.82) is 5.26 Å². The molecule has 1 aromatic carbocycles. The molecule has 0 fully saturated rings. The molecular weight excluding hydrogens is 256 g/mol. The molecule has 20 heavy (non-hydrogen) atoms. The van der Waals surface area contributed by atoms with Crippen molar-refractivity contribution in [1.82, 2.24) is 5.32 Å². The van der Waals surface area contributed by atoms with Crippen molar-refractivity contribution in [3.63, 3.8) is 0 Å². The van der Waals surface area contributed by atoms with Crippen LogP contribution in [0, 0.1) is 18.3 Å². The summed E-state index contributed by atoms with van der Waals surface area (Å²) >= 11 is 0. The summed E-state index contributed by atoms with van der Waals surface area (Å²) in [7, 11) is 0. The Hall–Kier alpha value is -2.61. The number of nitriles is 1. The van der Waals surface area contributed by atoms with Crippen LogP contribution >= 0.6 is 0 Å². The standard InChI is InChI=1S/C15H16N2O3/c1-12-5-2-3-6-13(12)7-8-15(19)20-11-14(18)17-10-4-9-16/h2-3,5-8H,4,10-11H2,1H3,(H,17,18)/b8-7+. The van der Waals surface area contributed by atoms with E-state index in [1.807, 2.05) is 37.3 Å². The van der Waals surface area contributed by atoms with E-state index < -0.39 is 11.9 Å². The molecule has 0 unspecified atom stereocenters. The van der Waals surface area contributed by atoms with Crippen LogP contribution in [0.1, 0.15) is 17.5 Å². The van der Waals surface area contributed by atoms with Crippen LogP contribution in [0.5, 0.6) is 0 Å². The first-order valence-corrected chi connectivity index (χ1v) is 6.17. The zero-order chi connectivity index (χ0) is 14.8. The van der Waals surface area contributed by atoms with Gasteiger partial charge in [0.25, 0.3) is 5.91 Å². The van der Waals surface area contributed by atoms with Gasteiger partial charge in [-0.05, 0) is 24.1 Å². The van der Waals surface area contributed by atoms with Gasteiger partial charge in [-0.3, -0.25) is 4.79 Å². The molecule has 0 aliphatic rings. The molecule has 0 spiro atoms. The number of ether oxygens (including phenoxy) is 1. The molecule has 5 heteroatoms. The Kier molecular flexibility index (Phi) is 6.55. The number of amides is 1. The number of esters is 1. The molecule has 5 nitrogen and oxygen atoms in total. The summed E-state index contributed by atoms with van der Waals surface area (Å²) in [5, 5.41) is 10.8. The van der Waals surface area contributed by atoms with Crippen molar-refractivity contribution in [2.24, 2.45) is 0 Å². The first-order valence-electron chi connectivity index (χ1n) is 6.17. The number of benzene rings is 1. The number of aryl methyl sites for hydroxylation is 1. The minimum Gasteiger partial charge on any atom is -0.452 e. The number of carbonyl (C=O) groups is 2. The Morgan fingerprint density at radius 2 is 2.15 bits per heavy atom. The molecule has 104 valence electrons. The topological polar surface area (TPSA) is 79.2 Å². The maximum absolute atomic E-state index is 11.4. The van der Waals surface area contributed by atoms with Gasteiger partial charge in [0.2, 0.25) is 0 Å². The lowest BCUT2D eigenvalue weighted by molar-refractivity contribution is -0.143. The lowest BCUT2D eigenvalue weighted by atomic mass is 10.1. The molecule has 0 atom stereocenters. The SMILES string of the molecule is Cc1ccccc1/C=C/C(=O)OCC(=O)NCCC#N. The molecule has 1 N–H and O–H groups in total. The smallest absolute Gasteiger partial charge is 0.331 e. The monoisotopic (exact) mass is 272 g/mol. The van der Waals surface area contributed by atoms with Gasteiger partial charge >= 0.3 is 5.97 Å². The van der Waals surface area contributed by atoms with E-state index in [0.29, 0.717) is 0 Å². The second kappa shape index (κ2) is 8.48. The predicted octanol–water partition coefficient (Wildman–Crippen LogP) is 1.58. The molecule has 1 aromatic rings. The summed E-state index contributed by atoms with van der Waals surface area (Å²) in [6.07, 6.45) is 3.16. The molecule has 0 aromatic heterocycles. The zero-order valence-corrected chi connectivity index (χ0v) is 11.3.